The van der Waals surface area contributed by atoms with Crippen molar-refractivity contribution >= 4 is 11.9 Å². The minimum absolute atomic E-state index is 0.124. The Bertz CT molecular complexity index is 831. The monoisotopic (exact) mass is 419 g/mol. The Morgan fingerprint density at radius 3 is 2.47 bits per heavy atom. The molecule has 0 saturated heterocycles. The second-order valence-corrected chi connectivity index (χ2v) is 6.83. The molecule has 30 heavy (non-hydrogen) atoms. The SMILES string of the molecule is CCCC(NC(=O)NCc1ccc(F)cc1)C(=O)N(C)CCOc1ccccc1F. The Balaban J connectivity index is 1.82. The van der Waals surface area contributed by atoms with E-state index in [1.807, 2.05) is 6.92 Å². The van der Waals surface area contributed by atoms with Crippen LogP contribution in [0, 0.1) is 11.6 Å². The smallest absolute Gasteiger partial charge is 0.315 e. The Labute approximate surface area is 175 Å². The summed E-state index contributed by atoms with van der Waals surface area (Å²) in [7, 11) is 1.60. The standard InChI is InChI=1S/C22H27F2N3O3/c1-3-6-19(26-22(29)25-15-16-9-11-17(23)12-10-16)21(28)27(2)13-14-30-20-8-5-4-7-18(20)24/h4-5,7-12,19H,3,6,13-15H2,1-2H3,(H2,25,26,29). The molecule has 0 fully saturated rings. The lowest BCUT2D eigenvalue weighted by Crippen LogP contribution is -2.50. The summed E-state index contributed by atoms with van der Waals surface area (Å²) in [5.41, 5.74) is 0.743. The number of para-hydroxylation sites is 1. The highest BCUT2D eigenvalue weighted by atomic mass is 19.1. The molecule has 162 valence electrons. The summed E-state index contributed by atoms with van der Waals surface area (Å²) in [5, 5.41) is 5.34. The van der Waals surface area contributed by atoms with Crippen LogP contribution in [-0.2, 0) is 11.3 Å². The van der Waals surface area contributed by atoms with Gasteiger partial charge in [0.15, 0.2) is 11.6 Å². The molecule has 0 saturated carbocycles. The fraction of sp³-hybridized carbons (Fsp3) is 0.364. The Morgan fingerprint density at radius 1 is 1.10 bits per heavy atom. The van der Waals surface area contributed by atoms with E-state index in [1.54, 1.807) is 31.3 Å². The van der Waals surface area contributed by atoms with Gasteiger partial charge in [-0.2, -0.15) is 0 Å². The fourth-order valence-electron chi connectivity index (χ4n) is 2.77. The first kappa shape index (κ1) is 23.1. The second-order valence-electron chi connectivity index (χ2n) is 6.83. The number of benzene rings is 2. The van der Waals surface area contributed by atoms with Gasteiger partial charge in [-0.1, -0.05) is 37.6 Å². The average molecular weight is 419 g/mol. The minimum Gasteiger partial charge on any atom is -0.489 e. The summed E-state index contributed by atoms with van der Waals surface area (Å²) in [6.45, 7) is 2.50. The molecule has 8 heteroatoms. The molecule has 6 nitrogen and oxygen atoms in total. The molecule has 0 radical (unpaired) electrons. The molecular weight excluding hydrogens is 392 g/mol. The van der Waals surface area contributed by atoms with Crippen molar-refractivity contribution in [3.05, 3.63) is 65.7 Å². The lowest BCUT2D eigenvalue weighted by molar-refractivity contribution is -0.132. The Hall–Kier alpha value is -3.16. The lowest BCUT2D eigenvalue weighted by atomic mass is 10.1. The molecular formula is C22H27F2N3O3. The van der Waals surface area contributed by atoms with Crippen LogP contribution in [0.3, 0.4) is 0 Å². The van der Waals surface area contributed by atoms with Crippen molar-refractivity contribution in [3.63, 3.8) is 0 Å². The van der Waals surface area contributed by atoms with Gasteiger partial charge in [0.1, 0.15) is 18.5 Å². The number of rotatable bonds is 10. The predicted molar refractivity (Wildman–Crippen MR) is 110 cm³/mol. The van der Waals surface area contributed by atoms with Crippen molar-refractivity contribution in [1.29, 1.82) is 0 Å². The third-order valence-electron chi connectivity index (χ3n) is 4.44. The van der Waals surface area contributed by atoms with Crippen molar-refractivity contribution in [3.8, 4) is 5.75 Å². The molecule has 0 aromatic heterocycles. The van der Waals surface area contributed by atoms with Crippen LogP contribution in [0.5, 0.6) is 5.75 Å². The van der Waals surface area contributed by atoms with Gasteiger partial charge < -0.3 is 20.3 Å². The van der Waals surface area contributed by atoms with Gasteiger partial charge in [0.05, 0.1) is 6.54 Å². The first-order chi connectivity index (χ1) is 14.4. The van der Waals surface area contributed by atoms with Gasteiger partial charge in [-0.15, -0.1) is 0 Å². The highest BCUT2D eigenvalue weighted by molar-refractivity contribution is 5.86. The van der Waals surface area contributed by atoms with Crippen LogP contribution in [0.15, 0.2) is 48.5 Å². The first-order valence-electron chi connectivity index (χ1n) is 9.81. The average Bonchev–Trinajstić information content (AvgIpc) is 2.73. The number of ether oxygens (including phenoxy) is 1. The number of nitrogens with one attached hydrogen (secondary N) is 2. The molecule has 0 aliphatic heterocycles. The Morgan fingerprint density at radius 2 is 1.80 bits per heavy atom. The number of hydrogen-bond donors (Lipinski definition) is 2. The third kappa shape index (κ3) is 7.35. The number of nitrogens with zero attached hydrogens (tertiary/aromatic N) is 1. The summed E-state index contributed by atoms with van der Waals surface area (Å²) in [4.78, 5) is 26.3. The van der Waals surface area contributed by atoms with Gasteiger partial charge in [0.2, 0.25) is 5.91 Å². The quantitative estimate of drug-likeness (QED) is 0.620. The first-order valence-corrected chi connectivity index (χ1v) is 9.81. The van der Waals surface area contributed by atoms with Gasteiger partial charge in [-0.3, -0.25) is 4.79 Å². The summed E-state index contributed by atoms with van der Waals surface area (Å²) in [6, 6.07) is 10.7. The van der Waals surface area contributed by atoms with Crippen molar-refractivity contribution in [2.24, 2.45) is 0 Å². The lowest BCUT2D eigenvalue weighted by Gasteiger charge is -2.24. The van der Waals surface area contributed by atoms with E-state index in [-0.39, 0.29) is 37.2 Å². The molecule has 2 N–H and O–H groups in total. The van der Waals surface area contributed by atoms with Gasteiger partial charge in [-0.05, 0) is 36.2 Å². The fourth-order valence-corrected chi connectivity index (χ4v) is 2.77. The number of halogens is 2. The molecule has 0 aliphatic carbocycles. The van der Waals surface area contributed by atoms with Gasteiger partial charge >= 0.3 is 6.03 Å². The number of hydrogen-bond acceptors (Lipinski definition) is 3. The molecule has 2 rings (SSSR count). The van der Waals surface area contributed by atoms with Crippen LogP contribution in [0.25, 0.3) is 0 Å². The van der Waals surface area contributed by atoms with Crippen LogP contribution in [0.1, 0.15) is 25.3 Å². The third-order valence-corrected chi connectivity index (χ3v) is 4.44. The molecule has 2 aromatic carbocycles. The molecule has 0 heterocycles. The van der Waals surface area contributed by atoms with E-state index in [0.717, 1.165) is 5.56 Å². The number of urea groups is 1. The molecule has 1 unspecified atom stereocenters. The van der Waals surface area contributed by atoms with Crippen LogP contribution in [0.2, 0.25) is 0 Å². The van der Waals surface area contributed by atoms with E-state index in [1.165, 1.54) is 29.2 Å². The maximum atomic E-state index is 13.6. The highest BCUT2D eigenvalue weighted by Gasteiger charge is 2.23. The molecule has 0 spiro atoms. The highest BCUT2D eigenvalue weighted by Crippen LogP contribution is 2.15. The zero-order valence-corrected chi connectivity index (χ0v) is 17.2. The van der Waals surface area contributed by atoms with Gasteiger partial charge in [-0.25, -0.2) is 13.6 Å². The minimum atomic E-state index is -0.693. The van der Waals surface area contributed by atoms with E-state index < -0.39 is 17.9 Å². The van der Waals surface area contributed by atoms with E-state index in [4.69, 9.17) is 4.74 Å². The summed E-state index contributed by atoms with van der Waals surface area (Å²) in [5.74, 6) is -0.943. The van der Waals surface area contributed by atoms with Crippen molar-refractivity contribution < 1.29 is 23.1 Å². The zero-order valence-electron chi connectivity index (χ0n) is 17.2. The van der Waals surface area contributed by atoms with Crippen LogP contribution < -0.4 is 15.4 Å². The van der Waals surface area contributed by atoms with Crippen LogP contribution in [-0.4, -0.2) is 43.1 Å². The Kier molecular flexibility index (Phi) is 9.05. The summed E-state index contributed by atoms with van der Waals surface area (Å²) in [6.07, 6.45) is 1.18. The van der Waals surface area contributed by atoms with Crippen molar-refractivity contribution in [1.82, 2.24) is 15.5 Å². The molecule has 2 aromatic rings. The second kappa shape index (κ2) is 11.7. The van der Waals surface area contributed by atoms with Crippen molar-refractivity contribution in [2.45, 2.75) is 32.4 Å². The van der Waals surface area contributed by atoms with E-state index >= 15 is 0 Å². The van der Waals surface area contributed by atoms with Gasteiger partial charge in [0, 0.05) is 13.6 Å². The van der Waals surface area contributed by atoms with Crippen molar-refractivity contribution in [2.75, 3.05) is 20.2 Å². The number of likely N-dealkylation sites (N-methyl/N-ethyl adjacent to an activating group) is 1. The molecule has 0 bridgehead atoms. The van der Waals surface area contributed by atoms with Crippen LogP contribution in [0.4, 0.5) is 13.6 Å². The van der Waals surface area contributed by atoms with E-state index in [2.05, 4.69) is 10.6 Å². The number of carbonyl (C=O) groups excluding carboxylic acids is 2. The number of amides is 3. The summed E-state index contributed by atoms with van der Waals surface area (Å²) >= 11 is 0. The maximum absolute atomic E-state index is 13.6. The predicted octanol–water partition coefficient (Wildman–Crippen LogP) is 3.47. The number of carbonyl (C=O) groups is 2. The normalized spacial score (nSPS) is 11.5. The molecule has 1 atom stereocenters. The molecule has 3 amide bonds. The zero-order chi connectivity index (χ0) is 21.9. The largest absolute Gasteiger partial charge is 0.489 e. The van der Waals surface area contributed by atoms with Gasteiger partial charge in [0.25, 0.3) is 0 Å². The topological polar surface area (TPSA) is 70.7 Å². The summed E-state index contributed by atoms with van der Waals surface area (Å²) < 4.78 is 31.9. The van der Waals surface area contributed by atoms with Crippen LogP contribution >= 0.6 is 0 Å². The van der Waals surface area contributed by atoms with E-state index in [9.17, 15) is 18.4 Å². The van der Waals surface area contributed by atoms with E-state index in [0.29, 0.717) is 12.8 Å². The maximum Gasteiger partial charge on any atom is 0.315 e. The molecule has 0 aliphatic rings.